The largest absolute Gasteiger partial charge is 0.305 e. The van der Waals surface area contributed by atoms with E-state index < -0.39 is 0 Å². The van der Waals surface area contributed by atoms with Gasteiger partial charge in [0, 0.05) is 35.4 Å². The summed E-state index contributed by atoms with van der Waals surface area (Å²) < 4.78 is 0. The van der Waals surface area contributed by atoms with E-state index in [2.05, 4.69) is 73.5 Å². The zero-order chi connectivity index (χ0) is 14.9. The lowest BCUT2D eigenvalue weighted by Gasteiger charge is -2.45. The second kappa shape index (κ2) is 5.91. The molecule has 0 amide bonds. The van der Waals surface area contributed by atoms with Crippen molar-refractivity contribution in [3.63, 3.8) is 0 Å². The van der Waals surface area contributed by atoms with E-state index in [0.29, 0.717) is 6.04 Å². The van der Waals surface area contributed by atoms with Crippen LogP contribution in [0.25, 0.3) is 0 Å². The lowest BCUT2D eigenvalue weighted by atomic mass is 9.88. The summed E-state index contributed by atoms with van der Waals surface area (Å²) in [6.07, 6.45) is 0. The molecule has 21 heavy (non-hydrogen) atoms. The number of benzene rings is 1. The minimum atomic E-state index is 0.0417. The number of rotatable bonds is 3. The molecule has 2 unspecified atom stereocenters. The molecule has 1 saturated heterocycles. The maximum Gasteiger partial charge on any atom is 0.0535 e. The van der Waals surface area contributed by atoms with Crippen LogP contribution in [0.5, 0.6) is 0 Å². The van der Waals surface area contributed by atoms with Gasteiger partial charge in [-0.25, -0.2) is 0 Å². The van der Waals surface area contributed by atoms with Crippen molar-refractivity contribution in [3.8, 4) is 0 Å². The van der Waals surface area contributed by atoms with E-state index in [9.17, 15) is 0 Å². The highest BCUT2D eigenvalue weighted by molar-refractivity contribution is 7.11. The number of nitrogens with zero attached hydrogens (tertiary/aromatic N) is 1. The summed E-state index contributed by atoms with van der Waals surface area (Å²) in [4.78, 5) is 5.48. The lowest BCUT2D eigenvalue weighted by molar-refractivity contribution is 0.0887. The second-order valence-corrected chi connectivity index (χ2v) is 7.72. The minimum absolute atomic E-state index is 0.0417. The summed E-state index contributed by atoms with van der Waals surface area (Å²) in [6.45, 7) is 9.97. The van der Waals surface area contributed by atoms with E-state index in [0.717, 1.165) is 19.6 Å². The molecule has 0 spiro atoms. The SMILES string of the molecule is Cc1ccc(CN2CC(C)(c3ccccc3)NCC2C)s1. The van der Waals surface area contributed by atoms with Gasteiger partial charge in [0.05, 0.1) is 5.54 Å². The molecule has 2 heterocycles. The molecule has 0 bridgehead atoms. The third-order valence-corrected chi connectivity index (χ3v) is 5.48. The molecule has 0 saturated carbocycles. The first-order chi connectivity index (χ1) is 10.1. The fraction of sp³-hybridized carbons (Fsp3) is 0.444. The van der Waals surface area contributed by atoms with Gasteiger partial charge in [-0.2, -0.15) is 0 Å². The van der Waals surface area contributed by atoms with Crippen LogP contribution in [0.4, 0.5) is 0 Å². The van der Waals surface area contributed by atoms with E-state index in [1.165, 1.54) is 15.3 Å². The van der Waals surface area contributed by atoms with Crippen molar-refractivity contribution in [1.29, 1.82) is 0 Å². The van der Waals surface area contributed by atoms with Crippen LogP contribution in [0.3, 0.4) is 0 Å². The van der Waals surface area contributed by atoms with E-state index in [4.69, 9.17) is 0 Å². The normalized spacial score (nSPS) is 26.9. The van der Waals surface area contributed by atoms with E-state index in [-0.39, 0.29) is 5.54 Å². The van der Waals surface area contributed by atoms with Crippen molar-refractivity contribution in [1.82, 2.24) is 10.2 Å². The third-order valence-electron chi connectivity index (χ3n) is 4.50. The topological polar surface area (TPSA) is 15.3 Å². The van der Waals surface area contributed by atoms with Crippen LogP contribution in [0.1, 0.15) is 29.2 Å². The van der Waals surface area contributed by atoms with Gasteiger partial charge in [-0.3, -0.25) is 4.90 Å². The van der Waals surface area contributed by atoms with Crippen molar-refractivity contribution >= 4 is 11.3 Å². The van der Waals surface area contributed by atoms with E-state index in [1.807, 2.05) is 11.3 Å². The lowest BCUT2D eigenvalue weighted by Crippen LogP contribution is -2.59. The smallest absolute Gasteiger partial charge is 0.0535 e. The molecule has 3 rings (SSSR count). The highest BCUT2D eigenvalue weighted by Gasteiger charge is 2.35. The van der Waals surface area contributed by atoms with Crippen molar-refractivity contribution < 1.29 is 0 Å². The molecule has 2 aromatic rings. The van der Waals surface area contributed by atoms with Crippen LogP contribution in [0, 0.1) is 6.92 Å². The quantitative estimate of drug-likeness (QED) is 0.928. The Morgan fingerprint density at radius 1 is 1.24 bits per heavy atom. The Kier molecular flexibility index (Phi) is 4.16. The number of hydrogen-bond donors (Lipinski definition) is 1. The molecule has 1 aromatic heterocycles. The average Bonchev–Trinajstić information content (AvgIpc) is 2.89. The molecule has 0 radical (unpaired) electrons. The fourth-order valence-corrected chi connectivity index (χ4v) is 4.02. The molecule has 112 valence electrons. The molecular weight excluding hydrogens is 276 g/mol. The number of thiophene rings is 1. The van der Waals surface area contributed by atoms with Crippen molar-refractivity contribution in [2.75, 3.05) is 13.1 Å². The summed E-state index contributed by atoms with van der Waals surface area (Å²) >= 11 is 1.92. The Bertz CT molecular complexity index is 592. The molecule has 0 aliphatic carbocycles. The van der Waals surface area contributed by atoms with Crippen molar-refractivity contribution in [3.05, 3.63) is 57.8 Å². The average molecular weight is 300 g/mol. The zero-order valence-electron chi connectivity index (χ0n) is 13.1. The second-order valence-electron chi connectivity index (χ2n) is 6.35. The first-order valence-corrected chi connectivity index (χ1v) is 8.48. The van der Waals surface area contributed by atoms with Crippen LogP contribution in [0.15, 0.2) is 42.5 Å². The molecule has 3 heteroatoms. The van der Waals surface area contributed by atoms with E-state index >= 15 is 0 Å². The standard InChI is InChI=1S/C18H24N2S/c1-14-11-19-18(3,16-7-5-4-6-8-16)13-20(14)12-17-10-9-15(2)21-17/h4-10,14,19H,11-13H2,1-3H3. The summed E-state index contributed by atoms with van der Waals surface area (Å²) in [5.41, 5.74) is 1.42. The first kappa shape index (κ1) is 14.8. The molecule has 1 N–H and O–H groups in total. The summed E-state index contributed by atoms with van der Waals surface area (Å²) in [5, 5.41) is 3.74. The van der Waals surface area contributed by atoms with Crippen molar-refractivity contribution in [2.24, 2.45) is 0 Å². The van der Waals surface area contributed by atoms with Gasteiger partial charge in [0.1, 0.15) is 0 Å². The number of nitrogens with one attached hydrogen (secondary N) is 1. The maximum atomic E-state index is 3.74. The molecule has 1 aromatic carbocycles. The third kappa shape index (κ3) is 3.20. The van der Waals surface area contributed by atoms with Gasteiger partial charge >= 0.3 is 0 Å². The Labute approximate surface area is 131 Å². The monoisotopic (exact) mass is 300 g/mol. The van der Waals surface area contributed by atoms with Gasteiger partial charge in [0.25, 0.3) is 0 Å². The first-order valence-electron chi connectivity index (χ1n) is 7.67. The molecule has 2 nitrogen and oxygen atoms in total. The van der Waals surface area contributed by atoms with E-state index in [1.54, 1.807) is 0 Å². The molecule has 2 atom stereocenters. The van der Waals surface area contributed by atoms with Crippen LogP contribution >= 0.6 is 11.3 Å². The van der Waals surface area contributed by atoms with Gasteiger partial charge in [-0.1, -0.05) is 30.3 Å². The van der Waals surface area contributed by atoms with Gasteiger partial charge in [-0.15, -0.1) is 11.3 Å². The minimum Gasteiger partial charge on any atom is -0.305 e. The predicted octanol–water partition coefficient (Wildman–Crippen LogP) is 3.77. The molecular formula is C18H24N2S. The number of aryl methyl sites for hydroxylation is 1. The summed E-state index contributed by atoms with van der Waals surface area (Å²) in [7, 11) is 0. The maximum absolute atomic E-state index is 3.74. The molecule has 1 aliphatic rings. The molecule has 1 fully saturated rings. The molecule has 1 aliphatic heterocycles. The van der Waals surface area contributed by atoms with Crippen LogP contribution < -0.4 is 5.32 Å². The van der Waals surface area contributed by atoms with Crippen LogP contribution in [0.2, 0.25) is 0 Å². The van der Waals surface area contributed by atoms with Gasteiger partial charge in [0.2, 0.25) is 0 Å². The number of hydrogen-bond acceptors (Lipinski definition) is 3. The summed E-state index contributed by atoms with van der Waals surface area (Å²) in [6, 6.07) is 15.9. The van der Waals surface area contributed by atoms with Crippen LogP contribution in [-0.4, -0.2) is 24.0 Å². The highest BCUT2D eigenvalue weighted by Crippen LogP contribution is 2.28. The Morgan fingerprint density at radius 2 is 2.00 bits per heavy atom. The Balaban J connectivity index is 1.78. The van der Waals surface area contributed by atoms with Crippen LogP contribution in [-0.2, 0) is 12.1 Å². The Hall–Kier alpha value is -1.16. The zero-order valence-corrected chi connectivity index (χ0v) is 13.9. The van der Waals surface area contributed by atoms with Gasteiger partial charge in [0.15, 0.2) is 0 Å². The summed E-state index contributed by atoms with van der Waals surface area (Å²) in [5.74, 6) is 0. The highest BCUT2D eigenvalue weighted by atomic mass is 32.1. The Morgan fingerprint density at radius 3 is 2.67 bits per heavy atom. The van der Waals surface area contributed by atoms with Gasteiger partial charge in [-0.05, 0) is 38.5 Å². The predicted molar refractivity (Wildman–Crippen MR) is 90.7 cm³/mol. The number of piperazine rings is 1. The van der Waals surface area contributed by atoms with Gasteiger partial charge < -0.3 is 5.32 Å². The van der Waals surface area contributed by atoms with Crippen molar-refractivity contribution in [2.45, 2.75) is 38.9 Å². The fourth-order valence-electron chi connectivity index (χ4n) is 3.10.